The lowest BCUT2D eigenvalue weighted by Gasteiger charge is -1.93. The SMILES string of the molecule is CC.CC.CCc1ccc(O)cc1.Oc1ccccc1. The summed E-state index contributed by atoms with van der Waals surface area (Å²) in [7, 11) is 0. The predicted molar refractivity (Wildman–Crippen MR) is 88.3 cm³/mol. The van der Waals surface area contributed by atoms with Gasteiger partial charge >= 0.3 is 0 Å². The Morgan fingerprint density at radius 2 is 1.05 bits per heavy atom. The Balaban J connectivity index is 0. The quantitative estimate of drug-likeness (QED) is 0.732. The van der Waals surface area contributed by atoms with Gasteiger partial charge in [-0.05, 0) is 36.2 Å². The molecule has 0 aliphatic heterocycles. The molecule has 0 bridgehead atoms. The standard InChI is InChI=1S/C8H10O.C6H6O.2C2H6/c1-2-7-3-5-8(9)6-4-7;7-6-4-2-1-3-5-6;2*1-2/h3-6,9H,2H2,1H3;1-5,7H;2*1-2H3. The Morgan fingerprint density at radius 1 is 0.650 bits per heavy atom. The lowest BCUT2D eigenvalue weighted by Crippen LogP contribution is -1.75. The van der Waals surface area contributed by atoms with E-state index < -0.39 is 0 Å². The minimum atomic E-state index is 0.322. The van der Waals surface area contributed by atoms with Gasteiger partial charge in [-0.3, -0.25) is 0 Å². The van der Waals surface area contributed by atoms with E-state index >= 15 is 0 Å². The maximum atomic E-state index is 8.85. The fraction of sp³-hybridized carbons (Fsp3) is 0.333. The average molecular weight is 276 g/mol. The van der Waals surface area contributed by atoms with Crippen molar-refractivity contribution in [1.82, 2.24) is 0 Å². The van der Waals surface area contributed by atoms with Crippen LogP contribution in [-0.2, 0) is 6.42 Å². The fourth-order valence-electron chi connectivity index (χ4n) is 1.16. The number of hydrogen-bond acceptors (Lipinski definition) is 2. The van der Waals surface area contributed by atoms with E-state index in [0.29, 0.717) is 11.5 Å². The molecule has 2 N–H and O–H groups in total. The summed E-state index contributed by atoms with van der Waals surface area (Å²) in [6.45, 7) is 10.1. The van der Waals surface area contributed by atoms with Crippen molar-refractivity contribution in [2.75, 3.05) is 0 Å². The molecule has 0 heterocycles. The summed E-state index contributed by atoms with van der Waals surface area (Å²) in [5, 5.41) is 17.5. The van der Waals surface area contributed by atoms with E-state index in [-0.39, 0.29) is 0 Å². The molecule has 0 unspecified atom stereocenters. The minimum absolute atomic E-state index is 0.322. The Labute approximate surface area is 123 Å². The van der Waals surface area contributed by atoms with Crippen LogP contribution in [0.25, 0.3) is 0 Å². The van der Waals surface area contributed by atoms with Crippen molar-refractivity contribution in [3.05, 3.63) is 60.2 Å². The number of rotatable bonds is 1. The molecular formula is C18H28O2. The highest BCUT2D eigenvalue weighted by Gasteiger charge is 1.86. The largest absolute Gasteiger partial charge is 0.508 e. The molecule has 0 amide bonds. The zero-order valence-electron chi connectivity index (χ0n) is 13.3. The summed E-state index contributed by atoms with van der Waals surface area (Å²) in [4.78, 5) is 0. The maximum absolute atomic E-state index is 8.85. The number of benzene rings is 2. The van der Waals surface area contributed by atoms with Gasteiger partial charge in [-0.25, -0.2) is 0 Å². The highest BCUT2D eigenvalue weighted by molar-refractivity contribution is 5.25. The number of phenols is 2. The van der Waals surface area contributed by atoms with Gasteiger partial charge in [0, 0.05) is 0 Å². The number of aromatic hydroxyl groups is 2. The normalized spacial score (nSPS) is 7.85. The third kappa shape index (κ3) is 11.1. The first kappa shape index (κ1) is 20.4. The van der Waals surface area contributed by atoms with Crippen LogP contribution in [0.15, 0.2) is 54.6 Å². The third-order valence-corrected chi connectivity index (χ3v) is 2.10. The van der Waals surface area contributed by atoms with Crippen LogP contribution in [0.1, 0.15) is 40.2 Å². The molecule has 2 heteroatoms. The van der Waals surface area contributed by atoms with Crippen molar-refractivity contribution < 1.29 is 10.2 Å². The van der Waals surface area contributed by atoms with Gasteiger partial charge in [0.2, 0.25) is 0 Å². The van der Waals surface area contributed by atoms with Crippen molar-refractivity contribution in [2.24, 2.45) is 0 Å². The molecule has 0 aliphatic rings. The second kappa shape index (κ2) is 15.1. The van der Waals surface area contributed by atoms with E-state index in [4.69, 9.17) is 10.2 Å². The predicted octanol–water partition coefficient (Wildman–Crippen LogP) is 5.40. The van der Waals surface area contributed by atoms with Crippen molar-refractivity contribution in [3.8, 4) is 11.5 Å². The Kier molecular flexibility index (Phi) is 15.4. The van der Waals surface area contributed by atoms with Crippen LogP contribution in [-0.4, -0.2) is 10.2 Å². The number of hydrogen-bond donors (Lipinski definition) is 2. The van der Waals surface area contributed by atoms with Crippen LogP contribution in [0.4, 0.5) is 0 Å². The number of para-hydroxylation sites is 1. The summed E-state index contributed by atoms with van der Waals surface area (Å²) >= 11 is 0. The molecule has 2 nitrogen and oxygen atoms in total. The lowest BCUT2D eigenvalue weighted by molar-refractivity contribution is 0.474. The summed E-state index contributed by atoms with van der Waals surface area (Å²) in [5.74, 6) is 0.662. The average Bonchev–Trinajstić information content (AvgIpc) is 2.53. The monoisotopic (exact) mass is 276 g/mol. The third-order valence-electron chi connectivity index (χ3n) is 2.10. The minimum Gasteiger partial charge on any atom is -0.508 e. The second-order valence-electron chi connectivity index (χ2n) is 3.36. The van der Waals surface area contributed by atoms with Crippen LogP contribution in [0, 0.1) is 0 Å². The Morgan fingerprint density at radius 3 is 1.35 bits per heavy atom. The molecule has 2 aromatic carbocycles. The topological polar surface area (TPSA) is 40.5 Å². The molecule has 0 saturated carbocycles. The molecule has 0 fully saturated rings. The van der Waals surface area contributed by atoms with E-state index in [2.05, 4.69) is 6.92 Å². The highest BCUT2D eigenvalue weighted by atomic mass is 16.3. The Bertz CT molecular complexity index is 394. The van der Waals surface area contributed by atoms with Crippen LogP contribution in [0.3, 0.4) is 0 Å². The van der Waals surface area contributed by atoms with E-state index in [9.17, 15) is 0 Å². The molecule has 2 aromatic rings. The van der Waals surface area contributed by atoms with E-state index in [1.54, 1.807) is 36.4 Å². The van der Waals surface area contributed by atoms with Gasteiger partial charge in [0.1, 0.15) is 11.5 Å². The maximum Gasteiger partial charge on any atom is 0.115 e. The van der Waals surface area contributed by atoms with Crippen LogP contribution in [0.5, 0.6) is 11.5 Å². The fourth-order valence-corrected chi connectivity index (χ4v) is 1.16. The van der Waals surface area contributed by atoms with Gasteiger partial charge in [-0.1, -0.05) is 65.0 Å². The highest BCUT2D eigenvalue weighted by Crippen LogP contribution is 2.09. The first-order chi connectivity index (χ1) is 9.72. The second-order valence-corrected chi connectivity index (χ2v) is 3.36. The summed E-state index contributed by atoms with van der Waals surface area (Å²) < 4.78 is 0. The van der Waals surface area contributed by atoms with Gasteiger partial charge in [0.15, 0.2) is 0 Å². The van der Waals surface area contributed by atoms with Crippen LogP contribution >= 0.6 is 0 Å². The van der Waals surface area contributed by atoms with Crippen molar-refractivity contribution >= 4 is 0 Å². The van der Waals surface area contributed by atoms with Crippen LogP contribution < -0.4 is 0 Å². The lowest BCUT2D eigenvalue weighted by atomic mass is 10.2. The first-order valence-corrected chi connectivity index (χ1v) is 7.24. The molecule has 112 valence electrons. The number of aryl methyl sites for hydroxylation is 1. The van der Waals surface area contributed by atoms with Gasteiger partial charge in [0.05, 0.1) is 0 Å². The zero-order valence-corrected chi connectivity index (χ0v) is 13.3. The smallest absolute Gasteiger partial charge is 0.115 e. The van der Waals surface area contributed by atoms with E-state index in [1.807, 2.05) is 45.9 Å². The molecule has 2 rings (SSSR count). The van der Waals surface area contributed by atoms with Gasteiger partial charge in [-0.2, -0.15) is 0 Å². The van der Waals surface area contributed by atoms with Gasteiger partial charge in [-0.15, -0.1) is 0 Å². The molecular weight excluding hydrogens is 248 g/mol. The van der Waals surface area contributed by atoms with Crippen molar-refractivity contribution in [2.45, 2.75) is 41.0 Å². The summed E-state index contributed by atoms with van der Waals surface area (Å²) in [5.41, 5.74) is 1.26. The molecule has 0 atom stereocenters. The summed E-state index contributed by atoms with van der Waals surface area (Å²) in [6, 6.07) is 16.0. The van der Waals surface area contributed by atoms with Gasteiger partial charge < -0.3 is 10.2 Å². The van der Waals surface area contributed by atoms with Crippen molar-refractivity contribution in [3.63, 3.8) is 0 Å². The van der Waals surface area contributed by atoms with Gasteiger partial charge in [0.25, 0.3) is 0 Å². The molecule has 0 aromatic heterocycles. The molecule has 20 heavy (non-hydrogen) atoms. The van der Waals surface area contributed by atoms with E-state index in [1.165, 1.54) is 5.56 Å². The number of phenolic OH excluding ortho intramolecular Hbond substituents is 2. The molecule has 0 radical (unpaired) electrons. The Hall–Kier alpha value is -1.96. The first-order valence-electron chi connectivity index (χ1n) is 7.24. The van der Waals surface area contributed by atoms with Crippen molar-refractivity contribution in [1.29, 1.82) is 0 Å². The summed E-state index contributed by atoms with van der Waals surface area (Å²) in [6.07, 6.45) is 1.03. The van der Waals surface area contributed by atoms with E-state index in [0.717, 1.165) is 6.42 Å². The molecule has 0 aliphatic carbocycles. The zero-order chi connectivity index (χ0) is 15.8. The molecule has 0 saturated heterocycles. The molecule has 0 spiro atoms. The van der Waals surface area contributed by atoms with Crippen LogP contribution in [0.2, 0.25) is 0 Å².